The zero-order valence-corrected chi connectivity index (χ0v) is 15.8. The smallest absolute Gasteiger partial charge is 0.262 e. The summed E-state index contributed by atoms with van der Waals surface area (Å²) in [7, 11) is 0. The van der Waals surface area contributed by atoms with E-state index in [4.69, 9.17) is 17.3 Å². The molecule has 0 spiro atoms. The number of aromatic nitrogens is 2. The molecule has 0 fully saturated rings. The number of halogens is 1. The van der Waals surface area contributed by atoms with E-state index in [1.54, 1.807) is 31.2 Å². The van der Waals surface area contributed by atoms with E-state index in [9.17, 15) is 14.4 Å². The number of fused-ring (bicyclic) bond motifs is 1. The number of hydrogen-bond acceptors (Lipinski definition) is 5. The first-order chi connectivity index (χ1) is 12.3. The van der Waals surface area contributed by atoms with Crippen molar-refractivity contribution in [3.8, 4) is 11.4 Å². The number of carbonyl (C=O) groups excluding carboxylic acids is 2. The summed E-state index contributed by atoms with van der Waals surface area (Å²) in [5.74, 6) is -0.190. The zero-order valence-electron chi connectivity index (χ0n) is 14.2. The van der Waals surface area contributed by atoms with Crippen LogP contribution in [0.3, 0.4) is 0 Å². The highest BCUT2D eigenvalue weighted by Crippen LogP contribution is 2.29. The van der Waals surface area contributed by atoms with Crippen LogP contribution in [0.2, 0.25) is 5.02 Å². The van der Waals surface area contributed by atoms with E-state index in [1.165, 1.54) is 11.5 Å². The second-order valence-corrected chi connectivity index (χ2v) is 7.39. The molecule has 0 aliphatic heterocycles. The highest BCUT2D eigenvalue weighted by molar-refractivity contribution is 7.20. The molecule has 6 nitrogen and oxygen atoms in total. The fourth-order valence-corrected chi connectivity index (χ4v) is 3.90. The monoisotopic (exact) mass is 389 g/mol. The number of amides is 1. The number of aryl methyl sites for hydroxylation is 1. The standard InChI is InChI=1S/C18H16ClN3O3S/c1-9(23)7-8-22-16(11-3-5-12(19)6-4-11)21-17-13(18(22)25)10(2)14(26-17)15(20)24/h3-6H,7-8H2,1-2H3,(H2,20,24). The Bertz CT molecular complexity index is 1080. The van der Waals surface area contributed by atoms with Crippen molar-refractivity contribution in [2.75, 3.05) is 0 Å². The molecule has 2 N–H and O–H groups in total. The topological polar surface area (TPSA) is 95.0 Å². The molecule has 1 aromatic carbocycles. The number of primary amides is 1. The summed E-state index contributed by atoms with van der Waals surface area (Å²) < 4.78 is 1.47. The van der Waals surface area contributed by atoms with E-state index in [-0.39, 0.29) is 24.3 Å². The van der Waals surface area contributed by atoms with Crippen molar-refractivity contribution in [3.63, 3.8) is 0 Å². The third-order valence-corrected chi connectivity index (χ3v) is 5.52. The zero-order chi connectivity index (χ0) is 19.0. The van der Waals surface area contributed by atoms with Gasteiger partial charge in [0.05, 0.1) is 10.3 Å². The van der Waals surface area contributed by atoms with Gasteiger partial charge in [-0.25, -0.2) is 4.98 Å². The highest BCUT2D eigenvalue weighted by atomic mass is 35.5. The molecule has 0 aliphatic rings. The van der Waals surface area contributed by atoms with Crippen molar-refractivity contribution >= 4 is 44.8 Å². The van der Waals surface area contributed by atoms with Gasteiger partial charge in [-0.1, -0.05) is 11.6 Å². The first-order valence-corrected chi connectivity index (χ1v) is 9.08. The number of benzene rings is 1. The average Bonchev–Trinajstić information content (AvgIpc) is 2.91. The molecule has 134 valence electrons. The van der Waals surface area contributed by atoms with Crippen LogP contribution in [0.5, 0.6) is 0 Å². The molecule has 0 saturated heterocycles. The lowest BCUT2D eigenvalue weighted by Crippen LogP contribution is -2.24. The van der Waals surface area contributed by atoms with E-state index in [0.717, 1.165) is 11.3 Å². The normalized spacial score (nSPS) is 11.0. The minimum Gasteiger partial charge on any atom is -0.365 e. The Kier molecular flexibility index (Phi) is 4.93. The van der Waals surface area contributed by atoms with Crippen LogP contribution in [0.1, 0.15) is 28.6 Å². The quantitative estimate of drug-likeness (QED) is 0.725. The second kappa shape index (κ2) is 7.01. The van der Waals surface area contributed by atoms with E-state index < -0.39 is 5.91 Å². The number of hydrogen-bond donors (Lipinski definition) is 1. The fourth-order valence-electron chi connectivity index (χ4n) is 2.75. The molecular formula is C18H16ClN3O3S. The molecule has 0 radical (unpaired) electrons. The van der Waals surface area contributed by atoms with Gasteiger partial charge in [0.2, 0.25) is 0 Å². The Morgan fingerprint density at radius 3 is 2.50 bits per heavy atom. The summed E-state index contributed by atoms with van der Waals surface area (Å²) in [5, 5.41) is 0.931. The summed E-state index contributed by atoms with van der Waals surface area (Å²) in [5.41, 5.74) is 6.34. The van der Waals surface area contributed by atoms with Gasteiger partial charge in [0.25, 0.3) is 11.5 Å². The maximum Gasteiger partial charge on any atom is 0.262 e. The van der Waals surface area contributed by atoms with E-state index in [1.807, 2.05) is 0 Å². The molecule has 1 amide bonds. The predicted octanol–water partition coefficient (Wildman–Crippen LogP) is 3.16. The second-order valence-electron chi connectivity index (χ2n) is 5.95. The number of Topliss-reactive ketones (excluding diaryl/α,β-unsaturated/α-hetero) is 1. The lowest BCUT2D eigenvalue weighted by atomic mass is 10.1. The fraction of sp³-hybridized carbons (Fsp3) is 0.222. The van der Waals surface area contributed by atoms with E-state index in [2.05, 4.69) is 4.98 Å². The predicted molar refractivity (Wildman–Crippen MR) is 103 cm³/mol. The average molecular weight is 390 g/mol. The molecule has 8 heteroatoms. The SMILES string of the molecule is CC(=O)CCn1c(-c2ccc(Cl)cc2)nc2sc(C(N)=O)c(C)c2c1=O. The van der Waals surface area contributed by atoms with E-state index >= 15 is 0 Å². The lowest BCUT2D eigenvalue weighted by molar-refractivity contribution is -0.117. The molecule has 2 heterocycles. The van der Waals surface area contributed by atoms with Crippen LogP contribution in [0, 0.1) is 6.92 Å². The van der Waals surface area contributed by atoms with Crippen LogP contribution >= 0.6 is 22.9 Å². The van der Waals surface area contributed by atoms with Gasteiger partial charge >= 0.3 is 0 Å². The third kappa shape index (κ3) is 3.27. The van der Waals surface area contributed by atoms with Gasteiger partial charge in [-0.15, -0.1) is 11.3 Å². The van der Waals surface area contributed by atoms with Crippen LogP contribution in [-0.2, 0) is 11.3 Å². The first kappa shape index (κ1) is 18.3. The van der Waals surface area contributed by atoms with Gasteiger partial charge in [-0.05, 0) is 43.7 Å². The summed E-state index contributed by atoms with van der Waals surface area (Å²) in [4.78, 5) is 41.5. The molecule has 26 heavy (non-hydrogen) atoms. The van der Waals surface area contributed by atoms with Crippen LogP contribution in [0.25, 0.3) is 21.6 Å². The van der Waals surface area contributed by atoms with Crippen LogP contribution < -0.4 is 11.3 Å². The van der Waals surface area contributed by atoms with Gasteiger partial charge in [0, 0.05) is 23.6 Å². The van der Waals surface area contributed by atoms with Crippen LogP contribution in [0.15, 0.2) is 29.1 Å². The molecule has 0 saturated carbocycles. The molecule has 3 rings (SSSR count). The number of carbonyl (C=O) groups is 2. The number of nitrogens with two attached hydrogens (primary N) is 1. The summed E-state index contributed by atoms with van der Waals surface area (Å²) in [6, 6.07) is 6.93. The molecule has 0 aliphatic carbocycles. The van der Waals surface area contributed by atoms with Crippen molar-refractivity contribution in [1.82, 2.24) is 9.55 Å². The summed E-state index contributed by atoms with van der Waals surface area (Å²) in [6.07, 6.45) is 0.208. The highest BCUT2D eigenvalue weighted by Gasteiger charge is 2.21. The number of ketones is 1. The number of nitrogens with zero attached hydrogens (tertiary/aromatic N) is 2. The summed E-state index contributed by atoms with van der Waals surface area (Å²) >= 11 is 7.04. The largest absolute Gasteiger partial charge is 0.365 e. The molecule has 0 unspecified atom stereocenters. The van der Waals surface area contributed by atoms with Crippen molar-refractivity contribution in [3.05, 3.63) is 50.1 Å². The minimum absolute atomic E-state index is 0.0288. The number of rotatable bonds is 5. The molecular weight excluding hydrogens is 374 g/mol. The van der Waals surface area contributed by atoms with E-state index in [0.29, 0.717) is 37.1 Å². The Morgan fingerprint density at radius 1 is 1.27 bits per heavy atom. The van der Waals surface area contributed by atoms with Crippen molar-refractivity contribution in [1.29, 1.82) is 0 Å². The van der Waals surface area contributed by atoms with Gasteiger partial charge in [0.1, 0.15) is 16.4 Å². The maximum absolute atomic E-state index is 13.1. The molecule has 2 aromatic heterocycles. The van der Waals surface area contributed by atoms with Gasteiger partial charge in [0.15, 0.2) is 0 Å². The van der Waals surface area contributed by atoms with Gasteiger partial charge < -0.3 is 5.73 Å². The number of thiophene rings is 1. The Morgan fingerprint density at radius 2 is 1.92 bits per heavy atom. The Labute approximate surface area is 158 Å². The van der Waals surface area contributed by atoms with Gasteiger partial charge in [-0.3, -0.25) is 19.0 Å². The Balaban J connectivity index is 2.32. The molecule has 0 atom stereocenters. The first-order valence-electron chi connectivity index (χ1n) is 7.88. The van der Waals surface area contributed by atoms with Crippen molar-refractivity contribution < 1.29 is 9.59 Å². The molecule has 3 aromatic rings. The minimum atomic E-state index is -0.590. The third-order valence-electron chi connectivity index (χ3n) is 4.06. The van der Waals surface area contributed by atoms with Crippen LogP contribution in [0.4, 0.5) is 0 Å². The Hall–Kier alpha value is -2.51. The van der Waals surface area contributed by atoms with Crippen molar-refractivity contribution in [2.24, 2.45) is 5.73 Å². The lowest BCUT2D eigenvalue weighted by Gasteiger charge is -2.12. The maximum atomic E-state index is 13.1. The van der Waals surface area contributed by atoms with Gasteiger partial charge in [-0.2, -0.15) is 0 Å². The molecule has 0 bridgehead atoms. The van der Waals surface area contributed by atoms with Crippen molar-refractivity contribution in [2.45, 2.75) is 26.8 Å². The summed E-state index contributed by atoms with van der Waals surface area (Å²) in [6.45, 7) is 3.36. The van der Waals surface area contributed by atoms with Crippen LogP contribution in [-0.4, -0.2) is 21.2 Å².